The Balaban J connectivity index is 2.54. The summed E-state index contributed by atoms with van der Waals surface area (Å²) in [5, 5.41) is 3.07. The van der Waals surface area contributed by atoms with Crippen molar-refractivity contribution in [1.82, 2.24) is 5.32 Å². The van der Waals surface area contributed by atoms with Crippen LogP contribution in [0.3, 0.4) is 0 Å². The van der Waals surface area contributed by atoms with Crippen LogP contribution in [0.2, 0.25) is 0 Å². The maximum Gasteiger partial charge on any atom is 0.164 e. The van der Waals surface area contributed by atoms with Crippen molar-refractivity contribution in [2.45, 2.75) is 26.3 Å². The summed E-state index contributed by atoms with van der Waals surface area (Å²) in [7, 11) is 0. The molecule has 0 aliphatic heterocycles. The average molecular weight is 229 g/mol. The third kappa shape index (κ3) is 1.61. The number of nitrogens with one attached hydrogen (secondary N) is 1. The van der Waals surface area contributed by atoms with Gasteiger partial charge in [-0.2, -0.15) is 0 Å². The molecule has 0 saturated carbocycles. The zero-order valence-electron chi connectivity index (χ0n) is 9.28. The summed E-state index contributed by atoms with van der Waals surface area (Å²) in [5.74, 6) is -2.57. The second-order valence-electron chi connectivity index (χ2n) is 4.26. The first-order chi connectivity index (χ1) is 7.56. The Bertz CT molecular complexity index is 417. The molecule has 0 spiro atoms. The summed E-state index contributed by atoms with van der Waals surface area (Å²) in [6, 6.07) is 0.347. The largest absolute Gasteiger partial charge is 0.310 e. The van der Waals surface area contributed by atoms with Crippen LogP contribution >= 0.6 is 0 Å². The minimum absolute atomic E-state index is 0.0840. The molecule has 0 heterocycles. The SMILES string of the molecule is CCNC1c2c(F)c(F)cc(F)c2CC1C. The third-order valence-electron chi connectivity index (χ3n) is 3.14. The lowest BCUT2D eigenvalue weighted by Crippen LogP contribution is -2.24. The van der Waals surface area contributed by atoms with Crippen LogP contribution in [0.1, 0.15) is 31.0 Å². The van der Waals surface area contributed by atoms with Crippen LogP contribution < -0.4 is 5.32 Å². The molecule has 2 atom stereocenters. The molecular formula is C12H14F3N. The van der Waals surface area contributed by atoms with Crippen molar-refractivity contribution in [2.24, 2.45) is 5.92 Å². The molecule has 4 heteroatoms. The van der Waals surface area contributed by atoms with Gasteiger partial charge in [-0.15, -0.1) is 0 Å². The molecular weight excluding hydrogens is 215 g/mol. The van der Waals surface area contributed by atoms with E-state index >= 15 is 0 Å². The number of hydrogen-bond donors (Lipinski definition) is 1. The predicted molar refractivity (Wildman–Crippen MR) is 55.6 cm³/mol. The highest BCUT2D eigenvalue weighted by molar-refractivity contribution is 5.38. The molecule has 1 aliphatic rings. The minimum atomic E-state index is -1.10. The van der Waals surface area contributed by atoms with Crippen molar-refractivity contribution in [3.05, 3.63) is 34.6 Å². The van der Waals surface area contributed by atoms with E-state index in [0.717, 1.165) is 0 Å². The number of halogens is 3. The summed E-state index contributed by atoms with van der Waals surface area (Å²) >= 11 is 0. The van der Waals surface area contributed by atoms with Crippen LogP contribution in [-0.2, 0) is 6.42 Å². The van der Waals surface area contributed by atoms with Crippen molar-refractivity contribution in [3.63, 3.8) is 0 Å². The van der Waals surface area contributed by atoms with E-state index in [2.05, 4.69) is 5.32 Å². The summed E-state index contributed by atoms with van der Waals surface area (Å²) < 4.78 is 40.3. The molecule has 88 valence electrons. The van der Waals surface area contributed by atoms with Crippen molar-refractivity contribution in [1.29, 1.82) is 0 Å². The Morgan fingerprint density at radius 3 is 2.62 bits per heavy atom. The van der Waals surface area contributed by atoms with Gasteiger partial charge >= 0.3 is 0 Å². The quantitative estimate of drug-likeness (QED) is 0.769. The summed E-state index contributed by atoms with van der Waals surface area (Å²) in [6.45, 7) is 4.44. The second-order valence-corrected chi connectivity index (χ2v) is 4.26. The fourth-order valence-electron chi connectivity index (χ4n) is 2.43. The minimum Gasteiger partial charge on any atom is -0.310 e. The molecule has 1 N–H and O–H groups in total. The lowest BCUT2D eigenvalue weighted by Gasteiger charge is -2.18. The van der Waals surface area contributed by atoms with Gasteiger partial charge in [0.25, 0.3) is 0 Å². The highest BCUT2D eigenvalue weighted by atomic mass is 19.2. The first-order valence-corrected chi connectivity index (χ1v) is 5.45. The summed E-state index contributed by atoms with van der Waals surface area (Å²) in [4.78, 5) is 0. The predicted octanol–water partition coefficient (Wildman–Crippen LogP) is 2.95. The Hall–Kier alpha value is -1.03. The average Bonchev–Trinajstić information content (AvgIpc) is 2.55. The summed E-state index contributed by atoms with van der Waals surface area (Å²) in [5.41, 5.74) is 0.490. The van der Waals surface area contributed by atoms with Gasteiger partial charge in [0.05, 0.1) is 0 Å². The van der Waals surface area contributed by atoms with Crippen LogP contribution in [0.4, 0.5) is 13.2 Å². The second kappa shape index (κ2) is 4.09. The van der Waals surface area contributed by atoms with Gasteiger partial charge in [-0.05, 0) is 24.4 Å². The molecule has 2 rings (SSSR count). The fraction of sp³-hybridized carbons (Fsp3) is 0.500. The first-order valence-electron chi connectivity index (χ1n) is 5.45. The number of benzene rings is 1. The Kier molecular flexibility index (Phi) is 2.93. The topological polar surface area (TPSA) is 12.0 Å². The molecule has 1 nitrogen and oxygen atoms in total. The van der Waals surface area contributed by atoms with E-state index in [-0.39, 0.29) is 17.5 Å². The van der Waals surface area contributed by atoms with Crippen LogP contribution in [0.25, 0.3) is 0 Å². The summed E-state index contributed by atoms with van der Waals surface area (Å²) in [6.07, 6.45) is 0.454. The molecule has 2 unspecified atom stereocenters. The van der Waals surface area contributed by atoms with Gasteiger partial charge in [0.2, 0.25) is 0 Å². The lowest BCUT2D eigenvalue weighted by atomic mass is 10.0. The molecule has 0 aromatic heterocycles. The maximum atomic E-state index is 13.6. The van der Waals surface area contributed by atoms with Gasteiger partial charge in [0.1, 0.15) is 5.82 Å². The van der Waals surface area contributed by atoms with Gasteiger partial charge in [-0.3, -0.25) is 0 Å². The zero-order chi connectivity index (χ0) is 11.9. The Morgan fingerprint density at radius 2 is 2.00 bits per heavy atom. The maximum absolute atomic E-state index is 13.6. The zero-order valence-corrected chi connectivity index (χ0v) is 9.28. The van der Waals surface area contributed by atoms with Crippen LogP contribution in [0, 0.1) is 23.4 Å². The molecule has 1 aliphatic carbocycles. The fourth-order valence-corrected chi connectivity index (χ4v) is 2.43. The van der Waals surface area contributed by atoms with E-state index in [4.69, 9.17) is 0 Å². The van der Waals surface area contributed by atoms with Gasteiger partial charge < -0.3 is 5.32 Å². The lowest BCUT2D eigenvalue weighted by molar-refractivity contribution is 0.406. The van der Waals surface area contributed by atoms with Crippen molar-refractivity contribution in [3.8, 4) is 0 Å². The number of hydrogen-bond acceptors (Lipinski definition) is 1. The molecule has 0 amide bonds. The smallest absolute Gasteiger partial charge is 0.164 e. The molecule has 1 aromatic rings. The molecule has 16 heavy (non-hydrogen) atoms. The van der Waals surface area contributed by atoms with Gasteiger partial charge in [-0.25, -0.2) is 13.2 Å². The highest BCUT2D eigenvalue weighted by Gasteiger charge is 2.35. The van der Waals surface area contributed by atoms with Crippen LogP contribution in [0.15, 0.2) is 6.07 Å². The van der Waals surface area contributed by atoms with E-state index in [1.165, 1.54) is 0 Å². The van der Waals surface area contributed by atoms with Crippen molar-refractivity contribution < 1.29 is 13.2 Å². The van der Waals surface area contributed by atoms with Crippen LogP contribution in [-0.4, -0.2) is 6.54 Å². The Labute approximate surface area is 92.7 Å². The molecule has 0 radical (unpaired) electrons. The third-order valence-corrected chi connectivity index (χ3v) is 3.14. The molecule has 1 aromatic carbocycles. The molecule has 0 fully saturated rings. The molecule has 0 saturated heterocycles. The molecule has 0 bridgehead atoms. The number of fused-ring (bicyclic) bond motifs is 1. The van der Waals surface area contributed by atoms with E-state index in [1.807, 2.05) is 13.8 Å². The number of rotatable bonds is 2. The van der Waals surface area contributed by atoms with E-state index < -0.39 is 17.5 Å². The normalized spacial score (nSPS) is 23.6. The van der Waals surface area contributed by atoms with E-state index in [9.17, 15) is 13.2 Å². The standard InChI is InChI=1S/C12H14F3N/c1-3-16-12-6(2)4-7-8(13)5-9(14)11(15)10(7)12/h5-6,12,16H,3-4H2,1-2H3. The van der Waals surface area contributed by atoms with Gasteiger partial charge in [0, 0.05) is 17.7 Å². The van der Waals surface area contributed by atoms with Crippen LogP contribution in [0.5, 0.6) is 0 Å². The monoisotopic (exact) mass is 229 g/mol. The highest BCUT2D eigenvalue weighted by Crippen LogP contribution is 2.39. The Morgan fingerprint density at radius 1 is 1.31 bits per heavy atom. The van der Waals surface area contributed by atoms with E-state index in [0.29, 0.717) is 24.6 Å². The van der Waals surface area contributed by atoms with Gasteiger partial charge in [0.15, 0.2) is 11.6 Å². The van der Waals surface area contributed by atoms with Crippen molar-refractivity contribution >= 4 is 0 Å². The first kappa shape index (κ1) is 11.5. The van der Waals surface area contributed by atoms with Gasteiger partial charge in [-0.1, -0.05) is 13.8 Å². The van der Waals surface area contributed by atoms with Crippen molar-refractivity contribution in [2.75, 3.05) is 6.54 Å². The van der Waals surface area contributed by atoms with E-state index in [1.54, 1.807) is 0 Å².